The second-order valence-electron chi connectivity index (χ2n) is 2.33. The van der Waals surface area contributed by atoms with Crippen molar-refractivity contribution in [1.82, 2.24) is 5.32 Å². The molecular weight excluding hydrogens is 178 g/mol. The number of rotatable bonds is 1. The molecule has 1 aromatic rings. The summed E-state index contributed by atoms with van der Waals surface area (Å²) in [6, 6.07) is 2.37. The monoisotopic (exact) mass is 186 g/mol. The molecule has 0 aliphatic rings. The number of amides is 2. The maximum atomic E-state index is 12.9. The number of carbonyl (C=O) groups excluding carboxylic acids is 1. The first kappa shape index (κ1) is 9.44. The lowest BCUT2D eigenvalue weighted by Crippen LogP contribution is -2.24. The molecule has 5 heteroatoms. The Kier molecular flexibility index (Phi) is 2.79. The predicted octanol–water partition coefficient (Wildman–Crippen LogP) is 1.72. The maximum absolute atomic E-state index is 12.9. The lowest BCUT2D eigenvalue weighted by Gasteiger charge is -2.04. The van der Waals surface area contributed by atoms with E-state index in [2.05, 4.69) is 10.6 Å². The zero-order valence-electron chi connectivity index (χ0n) is 6.90. The van der Waals surface area contributed by atoms with Crippen molar-refractivity contribution < 1.29 is 13.6 Å². The summed E-state index contributed by atoms with van der Waals surface area (Å²) < 4.78 is 25.3. The first-order valence-electron chi connectivity index (χ1n) is 3.57. The highest BCUT2D eigenvalue weighted by Crippen LogP contribution is 2.14. The van der Waals surface area contributed by atoms with Gasteiger partial charge in [0, 0.05) is 13.1 Å². The van der Waals surface area contributed by atoms with Gasteiger partial charge in [0.1, 0.15) is 11.6 Å². The summed E-state index contributed by atoms with van der Waals surface area (Å²) in [7, 11) is 1.40. The number of anilines is 1. The van der Waals surface area contributed by atoms with Crippen LogP contribution in [0.5, 0.6) is 0 Å². The quantitative estimate of drug-likeness (QED) is 0.688. The number of nitrogens with one attached hydrogen (secondary N) is 2. The number of benzene rings is 1. The fourth-order valence-electron chi connectivity index (χ4n) is 0.776. The molecule has 0 saturated carbocycles. The molecule has 3 nitrogen and oxygen atoms in total. The topological polar surface area (TPSA) is 41.1 Å². The average Bonchev–Trinajstić information content (AvgIpc) is 2.09. The Morgan fingerprint density at radius 2 is 2.08 bits per heavy atom. The highest BCUT2D eigenvalue weighted by atomic mass is 19.1. The molecular formula is C8H8F2N2O. The van der Waals surface area contributed by atoms with E-state index in [9.17, 15) is 13.6 Å². The van der Waals surface area contributed by atoms with Gasteiger partial charge < -0.3 is 10.6 Å². The van der Waals surface area contributed by atoms with E-state index in [1.54, 1.807) is 0 Å². The predicted molar refractivity (Wildman–Crippen MR) is 44.4 cm³/mol. The minimum atomic E-state index is -0.802. The third kappa shape index (κ3) is 2.40. The third-order valence-corrected chi connectivity index (χ3v) is 1.41. The van der Waals surface area contributed by atoms with Crippen molar-refractivity contribution in [2.24, 2.45) is 0 Å². The van der Waals surface area contributed by atoms with Gasteiger partial charge in [-0.3, -0.25) is 0 Å². The average molecular weight is 186 g/mol. The van der Waals surface area contributed by atoms with Gasteiger partial charge in [-0.15, -0.1) is 0 Å². The molecule has 70 valence electrons. The van der Waals surface area contributed by atoms with E-state index in [1.807, 2.05) is 0 Å². The summed E-state index contributed by atoms with van der Waals surface area (Å²) in [5.41, 5.74) is -0.0549. The summed E-state index contributed by atoms with van der Waals surface area (Å²) in [6.07, 6.45) is 0. The molecule has 13 heavy (non-hydrogen) atoms. The van der Waals surface area contributed by atoms with Crippen molar-refractivity contribution >= 4 is 11.7 Å². The molecule has 2 N–H and O–H groups in total. The SMILES string of the molecule is CNC(=O)Nc1ccc(F)cc1F. The van der Waals surface area contributed by atoms with Gasteiger partial charge in [0.05, 0.1) is 5.69 Å². The molecule has 0 saturated heterocycles. The third-order valence-electron chi connectivity index (χ3n) is 1.41. The summed E-state index contributed by atoms with van der Waals surface area (Å²) in [6.45, 7) is 0. The Balaban J connectivity index is 2.83. The van der Waals surface area contributed by atoms with Gasteiger partial charge in [0.25, 0.3) is 0 Å². The van der Waals surface area contributed by atoms with Crippen LogP contribution < -0.4 is 10.6 Å². The molecule has 0 fully saturated rings. The Morgan fingerprint density at radius 3 is 2.62 bits per heavy atom. The fourth-order valence-corrected chi connectivity index (χ4v) is 0.776. The van der Waals surface area contributed by atoms with Gasteiger partial charge in [0.2, 0.25) is 0 Å². The zero-order valence-corrected chi connectivity index (χ0v) is 6.90. The van der Waals surface area contributed by atoms with Gasteiger partial charge in [-0.05, 0) is 12.1 Å². The van der Waals surface area contributed by atoms with E-state index in [4.69, 9.17) is 0 Å². The van der Waals surface area contributed by atoms with Crippen LogP contribution >= 0.6 is 0 Å². The van der Waals surface area contributed by atoms with E-state index in [0.717, 1.165) is 12.1 Å². The number of urea groups is 1. The number of hydrogen-bond acceptors (Lipinski definition) is 1. The van der Waals surface area contributed by atoms with E-state index in [0.29, 0.717) is 6.07 Å². The van der Waals surface area contributed by atoms with Crippen LogP contribution in [0.4, 0.5) is 19.3 Å². The van der Waals surface area contributed by atoms with Crippen LogP contribution in [0.15, 0.2) is 18.2 Å². The minimum absolute atomic E-state index is 0.0549. The van der Waals surface area contributed by atoms with E-state index < -0.39 is 17.7 Å². The number of carbonyl (C=O) groups is 1. The van der Waals surface area contributed by atoms with Gasteiger partial charge in [-0.25, -0.2) is 13.6 Å². The van der Waals surface area contributed by atoms with Crippen molar-refractivity contribution in [1.29, 1.82) is 0 Å². The lowest BCUT2D eigenvalue weighted by atomic mass is 10.3. The van der Waals surface area contributed by atoms with Crippen molar-refractivity contribution in [3.63, 3.8) is 0 Å². The largest absolute Gasteiger partial charge is 0.341 e. The fraction of sp³-hybridized carbons (Fsp3) is 0.125. The van der Waals surface area contributed by atoms with Crippen LogP contribution in [0.3, 0.4) is 0 Å². The zero-order chi connectivity index (χ0) is 9.84. The highest BCUT2D eigenvalue weighted by molar-refractivity contribution is 5.89. The van der Waals surface area contributed by atoms with Crippen LogP contribution in [0, 0.1) is 11.6 Å². The molecule has 1 aromatic carbocycles. The first-order chi connectivity index (χ1) is 6.13. The molecule has 0 heterocycles. The van der Waals surface area contributed by atoms with Crippen molar-refractivity contribution in [3.8, 4) is 0 Å². The summed E-state index contributed by atoms with van der Waals surface area (Å²) in [4.78, 5) is 10.7. The second-order valence-corrected chi connectivity index (χ2v) is 2.33. The number of hydrogen-bond donors (Lipinski definition) is 2. The van der Waals surface area contributed by atoms with Crippen LogP contribution in [0.1, 0.15) is 0 Å². The van der Waals surface area contributed by atoms with Crippen LogP contribution in [-0.4, -0.2) is 13.1 Å². The Morgan fingerprint density at radius 1 is 1.38 bits per heavy atom. The minimum Gasteiger partial charge on any atom is -0.341 e. The molecule has 1 rings (SSSR count). The van der Waals surface area contributed by atoms with Gasteiger partial charge in [-0.1, -0.05) is 0 Å². The van der Waals surface area contributed by atoms with Crippen molar-refractivity contribution in [3.05, 3.63) is 29.8 Å². The highest BCUT2D eigenvalue weighted by Gasteiger charge is 2.05. The molecule has 0 radical (unpaired) electrons. The molecule has 0 aliphatic carbocycles. The smallest absolute Gasteiger partial charge is 0.319 e. The van der Waals surface area contributed by atoms with Gasteiger partial charge >= 0.3 is 6.03 Å². The van der Waals surface area contributed by atoms with Crippen LogP contribution in [-0.2, 0) is 0 Å². The Hall–Kier alpha value is -1.65. The molecule has 0 bridgehead atoms. The molecule has 0 aromatic heterocycles. The summed E-state index contributed by atoms with van der Waals surface area (Å²) in [5, 5.41) is 4.44. The molecule has 0 spiro atoms. The maximum Gasteiger partial charge on any atom is 0.319 e. The van der Waals surface area contributed by atoms with E-state index in [1.165, 1.54) is 7.05 Å². The molecule has 0 unspecified atom stereocenters. The lowest BCUT2D eigenvalue weighted by molar-refractivity contribution is 0.254. The Bertz CT molecular complexity index is 328. The molecule has 0 aliphatic heterocycles. The van der Waals surface area contributed by atoms with E-state index in [-0.39, 0.29) is 5.69 Å². The first-order valence-corrected chi connectivity index (χ1v) is 3.57. The van der Waals surface area contributed by atoms with Crippen molar-refractivity contribution in [2.75, 3.05) is 12.4 Å². The number of halogens is 2. The van der Waals surface area contributed by atoms with Gasteiger partial charge in [0.15, 0.2) is 0 Å². The normalized spacial score (nSPS) is 9.46. The summed E-state index contributed by atoms with van der Waals surface area (Å²) >= 11 is 0. The van der Waals surface area contributed by atoms with Crippen LogP contribution in [0.25, 0.3) is 0 Å². The summed E-state index contributed by atoms with van der Waals surface area (Å²) in [5.74, 6) is -1.48. The van der Waals surface area contributed by atoms with E-state index >= 15 is 0 Å². The molecule has 0 atom stereocenters. The van der Waals surface area contributed by atoms with Crippen molar-refractivity contribution in [2.45, 2.75) is 0 Å². The van der Waals surface area contributed by atoms with Gasteiger partial charge in [-0.2, -0.15) is 0 Å². The second kappa shape index (κ2) is 3.84. The standard InChI is InChI=1S/C8H8F2N2O/c1-11-8(13)12-7-3-2-5(9)4-6(7)10/h2-4H,1H3,(H2,11,12,13). The Labute approximate surface area is 73.8 Å². The van der Waals surface area contributed by atoms with Crippen LogP contribution in [0.2, 0.25) is 0 Å². The molecule has 2 amide bonds.